The van der Waals surface area contributed by atoms with Gasteiger partial charge in [0.1, 0.15) is 5.75 Å². The molecule has 0 aliphatic heterocycles. The van der Waals surface area contributed by atoms with Crippen LogP contribution in [0, 0.1) is 5.92 Å². The van der Waals surface area contributed by atoms with E-state index in [1.54, 1.807) is 7.11 Å². The van der Waals surface area contributed by atoms with Crippen molar-refractivity contribution < 1.29 is 4.74 Å². The summed E-state index contributed by atoms with van der Waals surface area (Å²) in [6, 6.07) is 6.31. The Balaban J connectivity index is 2.78. The van der Waals surface area contributed by atoms with Crippen molar-refractivity contribution in [3.8, 4) is 5.75 Å². The molecular formula is C17H26O. The van der Waals surface area contributed by atoms with Crippen LogP contribution in [-0.4, -0.2) is 7.11 Å². The van der Waals surface area contributed by atoms with Crippen LogP contribution in [0.15, 0.2) is 24.8 Å². The van der Waals surface area contributed by atoms with Gasteiger partial charge in [-0.1, -0.05) is 58.3 Å². The number of unbranched alkanes of at least 4 members (excludes halogenated alkanes) is 1. The van der Waals surface area contributed by atoms with Crippen molar-refractivity contribution >= 4 is 6.08 Å². The smallest absolute Gasteiger partial charge is 0.119 e. The van der Waals surface area contributed by atoms with Gasteiger partial charge in [-0.2, -0.15) is 0 Å². The van der Waals surface area contributed by atoms with E-state index in [1.165, 1.54) is 36.8 Å². The molecular weight excluding hydrogens is 220 g/mol. The van der Waals surface area contributed by atoms with Crippen molar-refractivity contribution in [3.63, 3.8) is 0 Å². The van der Waals surface area contributed by atoms with Crippen LogP contribution in [-0.2, 0) is 6.42 Å². The van der Waals surface area contributed by atoms with Gasteiger partial charge in [0, 0.05) is 0 Å². The number of ether oxygens (including phenoxy) is 1. The molecule has 1 rings (SSSR count). The highest BCUT2D eigenvalue weighted by Crippen LogP contribution is 2.24. The topological polar surface area (TPSA) is 9.23 Å². The fourth-order valence-electron chi connectivity index (χ4n) is 2.33. The summed E-state index contributed by atoms with van der Waals surface area (Å²) >= 11 is 0. The minimum Gasteiger partial charge on any atom is -0.497 e. The van der Waals surface area contributed by atoms with Gasteiger partial charge in [0.25, 0.3) is 0 Å². The van der Waals surface area contributed by atoms with Crippen molar-refractivity contribution in [1.82, 2.24) is 0 Å². The summed E-state index contributed by atoms with van der Waals surface area (Å²) in [7, 11) is 1.71. The average Bonchev–Trinajstić information content (AvgIpc) is 2.43. The summed E-state index contributed by atoms with van der Waals surface area (Å²) in [5, 5.41) is 0. The van der Waals surface area contributed by atoms with Gasteiger partial charge in [0.2, 0.25) is 0 Å². The van der Waals surface area contributed by atoms with Crippen LogP contribution in [0.2, 0.25) is 0 Å². The monoisotopic (exact) mass is 246 g/mol. The molecule has 1 unspecified atom stereocenters. The maximum atomic E-state index is 5.26. The van der Waals surface area contributed by atoms with Gasteiger partial charge < -0.3 is 4.74 Å². The van der Waals surface area contributed by atoms with Crippen LogP contribution in [0.1, 0.15) is 50.7 Å². The van der Waals surface area contributed by atoms with Gasteiger partial charge in [-0.15, -0.1) is 0 Å². The van der Waals surface area contributed by atoms with Gasteiger partial charge in [0.05, 0.1) is 7.11 Å². The first-order valence-electron chi connectivity index (χ1n) is 7.04. The molecule has 0 fully saturated rings. The Morgan fingerprint density at radius 3 is 2.67 bits per heavy atom. The SMILES string of the molecule is C=Cc1cc(OC)ccc1CC(CC)CCCC. The first-order valence-corrected chi connectivity index (χ1v) is 7.04. The van der Waals surface area contributed by atoms with E-state index in [2.05, 4.69) is 38.6 Å². The minimum absolute atomic E-state index is 0.789. The zero-order valence-corrected chi connectivity index (χ0v) is 12.0. The predicted molar refractivity (Wildman–Crippen MR) is 80.1 cm³/mol. The van der Waals surface area contributed by atoms with E-state index in [9.17, 15) is 0 Å². The van der Waals surface area contributed by atoms with E-state index in [0.29, 0.717) is 0 Å². The van der Waals surface area contributed by atoms with Crippen LogP contribution >= 0.6 is 0 Å². The second-order valence-electron chi connectivity index (χ2n) is 4.89. The Bertz CT molecular complexity index is 368. The molecule has 0 aromatic heterocycles. The lowest BCUT2D eigenvalue weighted by atomic mass is 9.90. The highest BCUT2D eigenvalue weighted by Gasteiger charge is 2.10. The summed E-state index contributed by atoms with van der Waals surface area (Å²) < 4.78 is 5.26. The molecule has 1 aromatic rings. The molecule has 1 heteroatoms. The lowest BCUT2D eigenvalue weighted by molar-refractivity contribution is 0.413. The van der Waals surface area contributed by atoms with E-state index in [-0.39, 0.29) is 0 Å². The lowest BCUT2D eigenvalue weighted by Gasteiger charge is -2.16. The van der Waals surface area contributed by atoms with E-state index >= 15 is 0 Å². The third-order valence-electron chi connectivity index (χ3n) is 3.62. The van der Waals surface area contributed by atoms with E-state index in [4.69, 9.17) is 4.74 Å². The van der Waals surface area contributed by atoms with Crippen LogP contribution in [0.3, 0.4) is 0 Å². The normalized spacial score (nSPS) is 12.2. The molecule has 0 aliphatic rings. The maximum absolute atomic E-state index is 5.26. The van der Waals surface area contributed by atoms with Gasteiger partial charge in [-0.25, -0.2) is 0 Å². The quantitative estimate of drug-likeness (QED) is 0.620. The van der Waals surface area contributed by atoms with E-state index in [0.717, 1.165) is 18.1 Å². The Hall–Kier alpha value is -1.24. The molecule has 0 saturated carbocycles. The largest absolute Gasteiger partial charge is 0.497 e. The highest BCUT2D eigenvalue weighted by atomic mass is 16.5. The van der Waals surface area contributed by atoms with Crippen molar-refractivity contribution in [2.45, 2.75) is 46.0 Å². The van der Waals surface area contributed by atoms with Gasteiger partial charge in [-0.05, 0) is 35.6 Å². The Kier molecular flexibility index (Phi) is 6.56. The van der Waals surface area contributed by atoms with Gasteiger partial charge in [-0.3, -0.25) is 0 Å². The van der Waals surface area contributed by atoms with E-state index in [1.807, 2.05) is 6.08 Å². The Labute approximate surface area is 112 Å². The number of rotatable bonds is 8. The molecule has 0 spiro atoms. The van der Waals surface area contributed by atoms with Crippen LogP contribution < -0.4 is 4.74 Å². The van der Waals surface area contributed by atoms with Crippen molar-refractivity contribution in [1.29, 1.82) is 0 Å². The summed E-state index contributed by atoms with van der Waals surface area (Å²) in [5.74, 6) is 1.70. The first-order chi connectivity index (χ1) is 8.74. The number of hydrogen-bond acceptors (Lipinski definition) is 1. The molecule has 0 bridgehead atoms. The molecule has 1 aromatic carbocycles. The molecule has 0 heterocycles. The summed E-state index contributed by atoms with van der Waals surface area (Å²) in [5.41, 5.74) is 2.61. The molecule has 0 saturated heterocycles. The maximum Gasteiger partial charge on any atom is 0.119 e. The Morgan fingerprint density at radius 2 is 2.11 bits per heavy atom. The Morgan fingerprint density at radius 1 is 1.33 bits per heavy atom. The lowest BCUT2D eigenvalue weighted by Crippen LogP contribution is -2.05. The molecule has 0 radical (unpaired) electrons. The van der Waals surface area contributed by atoms with Crippen molar-refractivity contribution in [2.24, 2.45) is 5.92 Å². The van der Waals surface area contributed by atoms with Crippen LogP contribution in [0.25, 0.3) is 6.08 Å². The van der Waals surface area contributed by atoms with Crippen LogP contribution in [0.5, 0.6) is 5.75 Å². The molecule has 1 nitrogen and oxygen atoms in total. The molecule has 0 N–H and O–H groups in total. The predicted octanol–water partition coefficient (Wildman–Crippen LogP) is 5.10. The summed E-state index contributed by atoms with van der Waals surface area (Å²) in [6.45, 7) is 8.46. The molecule has 0 amide bonds. The third kappa shape index (κ3) is 4.21. The van der Waals surface area contributed by atoms with E-state index < -0.39 is 0 Å². The highest BCUT2D eigenvalue weighted by molar-refractivity contribution is 5.54. The zero-order valence-electron chi connectivity index (χ0n) is 12.0. The number of methoxy groups -OCH3 is 1. The third-order valence-corrected chi connectivity index (χ3v) is 3.62. The van der Waals surface area contributed by atoms with Crippen LogP contribution in [0.4, 0.5) is 0 Å². The van der Waals surface area contributed by atoms with Crippen molar-refractivity contribution in [3.05, 3.63) is 35.9 Å². The summed E-state index contributed by atoms with van der Waals surface area (Å²) in [4.78, 5) is 0. The molecule has 1 atom stereocenters. The fourth-order valence-corrected chi connectivity index (χ4v) is 2.33. The molecule has 18 heavy (non-hydrogen) atoms. The number of benzene rings is 1. The molecule has 0 aliphatic carbocycles. The minimum atomic E-state index is 0.789. The average molecular weight is 246 g/mol. The zero-order chi connectivity index (χ0) is 13.4. The second kappa shape index (κ2) is 7.97. The fraction of sp³-hybridized carbons (Fsp3) is 0.529. The first kappa shape index (κ1) is 14.8. The standard InChI is InChI=1S/C17H26O/c1-5-8-9-14(6-2)12-16-10-11-17(18-4)13-15(16)7-3/h7,10-11,13-14H,3,5-6,8-9,12H2,1-2,4H3. The van der Waals surface area contributed by atoms with Gasteiger partial charge in [0.15, 0.2) is 0 Å². The number of hydrogen-bond donors (Lipinski definition) is 0. The molecule has 100 valence electrons. The van der Waals surface area contributed by atoms with Crippen molar-refractivity contribution in [2.75, 3.05) is 7.11 Å². The van der Waals surface area contributed by atoms with Gasteiger partial charge >= 0.3 is 0 Å². The summed E-state index contributed by atoms with van der Waals surface area (Å²) in [6.07, 6.45) is 8.29. The second-order valence-corrected chi connectivity index (χ2v) is 4.89.